The third-order valence-corrected chi connectivity index (χ3v) is 5.99. The molecule has 1 aliphatic rings. The molecule has 0 aliphatic carbocycles. The lowest BCUT2D eigenvalue weighted by atomic mass is 10.0. The van der Waals surface area contributed by atoms with E-state index in [1.165, 1.54) is 18.3 Å². The van der Waals surface area contributed by atoms with Crippen molar-refractivity contribution in [3.05, 3.63) is 54.0 Å². The molecule has 0 amide bonds. The highest BCUT2D eigenvalue weighted by molar-refractivity contribution is 7.91. The molecule has 122 valence electrons. The molecule has 0 atom stereocenters. The van der Waals surface area contributed by atoms with Crippen molar-refractivity contribution in [1.82, 2.24) is 4.98 Å². The minimum atomic E-state index is -3.25. The molecule has 0 bridgehead atoms. The van der Waals surface area contributed by atoms with Gasteiger partial charge in [-0.3, -0.25) is 4.98 Å². The average molecular weight is 343 g/mol. The molecule has 2 aromatic carbocycles. The second kappa shape index (κ2) is 5.17. The van der Waals surface area contributed by atoms with Crippen molar-refractivity contribution in [3.8, 4) is 0 Å². The number of rotatable bonds is 2. The van der Waals surface area contributed by atoms with Crippen LogP contribution in [0, 0.1) is 5.82 Å². The van der Waals surface area contributed by atoms with Gasteiger partial charge in [-0.1, -0.05) is 0 Å². The molecule has 0 spiro atoms. The highest BCUT2D eigenvalue weighted by Gasteiger charge is 2.29. The number of aromatic nitrogens is 1. The van der Waals surface area contributed by atoms with Crippen molar-refractivity contribution >= 4 is 37.8 Å². The minimum Gasteiger partial charge on any atom is -0.396 e. The SMILES string of the molecule is Nc1cnc2ccc3c(c2c1Nc1ccc(F)cc1)CCS3(=O)=O. The van der Waals surface area contributed by atoms with Gasteiger partial charge in [-0.2, -0.15) is 0 Å². The van der Waals surface area contributed by atoms with E-state index >= 15 is 0 Å². The molecule has 0 saturated carbocycles. The summed E-state index contributed by atoms with van der Waals surface area (Å²) in [5.41, 5.74) is 9.15. The molecule has 24 heavy (non-hydrogen) atoms. The lowest BCUT2D eigenvalue weighted by Crippen LogP contribution is -2.01. The summed E-state index contributed by atoms with van der Waals surface area (Å²) in [6.45, 7) is 0. The van der Waals surface area contributed by atoms with E-state index < -0.39 is 9.84 Å². The lowest BCUT2D eigenvalue weighted by Gasteiger charge is -2.14. The highest BCUT2D eigenvalue weighted by Crippen LogP contribution is 2.39. The van der Waals surface area contributed by atoms with Crippen molar-refractivity contribution in [2.24, 2.45) is 0 Å². The number of nitrogen functional groups attached to an aromatic ring is 1. The summed E-state index contributed by atoms with van der Waals surface area (Å²) >= 11 is 0. The molecule has 0 unspecified atom stereocenters. The second-order valence-electron chi connectivity index (χ2n) is 5.73. The van der Waals surface area contributed by atoms with Gasteiger partial charge >= 0.3 is 0 Å². The van der Waals surface area contributed by atoms with Crippen molar-refractivity contribution in [2.75, 3.05) is 16.8 Å². The molecule has 1 aliphatic heterocycles. The topological polar surface area (TPSA) is 85.1 Å². The van der Waals surface area contributed by atoms with E-state index in [2.05, 4.69) is 10.3 Å². The van der Waals surface area contributed by atoms with Gasteiger partial charge in [-0.15, -0.1) is 0 Å². The molecule has 5 nitrogen and oxygen atoms in total. The third-order valence-electron chi connectivity index (χ3n) is 4.20. The Balaban J connectivity index is 1.96. The summed E-state index contributed by atoms with van der Waals surface area (Å²) in [4.78, 5) is 4.64. The van der Waals surface area contributed by atoms with Crippen molar-refractivity contribution < 1.29 is 12.8 Å². The molecule has 1 aromatic heterocycles. The Hall–Kier alpha value is -2.67. The van der Waals surface area contributed by atoms with E-state index in [0.29, 0.717) is 39.3 Å². The van der Waals surface area contributed by atoms with Crippen LogP contribution in [0.15, 0.2) is 47.5 Å². The number of nitrogens with two attached hydrogens (primary N) is 1. The molecule has 0 radical (unpaired) electrons. The van der Waals surface area contributed by atoms with Crippen LogP contribution in [-0.2, 0) is 16.3 Å². The zero-order chi connectivity index (χ0) is 16.9. The number of nitrogens with zero attached hydrogens (tertiary/aromatic N) is 1. The Morgan fingerprint density at radius 1 is 1.12 bits per heavy atom. The first-order valence-corrected chi connectivity index (χ1v) is 9.06. The molecule has 3 aromatic rings. The van der Waals surface area contributed by atoms with Crippen molar-refractivity contribution in [1.29, 1.82) is 0 Å². The standard InChI is InChI=1S/C17H14FN3O2S/c18-10-1-3-11(4-2-10)21-17-13(19)9-20-14-5-6-15-12(16(14)17)7-8-24(15,22)23/h1-6,9H,7-8,19H2,(H,20,21). The summed E-state index contributed by atoms with van der Waals surface area (Å²) in [6, 6.07) is 9.17. The average Bonchev–Trinajstić information content (AvgIpc) is 2.87. The van der Waals surface area contributed by atoms with Gasteiger partial charge in [0.2, 0.25) is 0 Å². The molecule has 3 N–H and O–H groups in total. The number of nitrogens with one attached hydrogen (secondary N) is 1. The number of hydrogen-bond acceptors (Lipinski definition) is 5. The third kappa shape index (κ3) is 2.28. The fourth-order valence-electron chi connectivity index (χ4n) is 3.05. The molecule has 4 rings (SSSR count). The molecular formula is C17H14FN3O2S. The summed E-state index contributed by atoms with van der Waals surface area (Å²) < 4.78 is 37.4. The monoisotopic (exact) mass is 343 g/mol. The van der Waals surface area contributed by atoms with Crippen LogP contribution in [0.4, 0.5) is 21.5 Å². The molecular weight excluding hydrogens is 329 g/mol. The summed E-state index contributed by atoms with van der Waals surface area (Å²) in [6.07, 6.45) is 1.96. The Morgan fingerprint density at radius 2 is 1.88 bits per heavy atom. The predicted octanol–water partition coefficient (Wildman–Crippen LogP) is 3.03. The fraction of sp³-hybridized carbons (Fsp3) is 0.118. The normalized spacial score (nSPS) is 15.4. The summed E-state index contributed by atoms with van der Waals surface area (Å²) in [7, 11) is -3.25. The number of anilines is 3. The number of fused-ring (bicyclic) bond motifs is 3. The van der Waals surface area contributed by atoms with Crippen LogP contribution < -0.4 is 11.1 Å². The Kier molecular flexibility index (Phi) is 3.21. The molecule has 0 saturated heterocycles. The predicted molar refractivity (Wildman–Crippen MR) is 91.6 cm³/mol. The minimum absolute atomic E-state index is 0.0895. The number of hydrogen-bond donors (Lipinski definition) is 2. The van der Waals surface area contributed by atoms with E-state index in [1.807, 2.05) is 0 Å². The van der Waals surface area contributed by atoms with Crippen LogP contribution >= 0.6 is 0 Å². The number of pyridine rings is 1. The fourth-order valence-corrected chi connectivity index (χ4v) is 4.60. The first-order chi connectivity index (χ1) is 11.5. The highest BCUT2D eigenvalue weighted by atomic mass is 32.2. The summed E-state index contributed by atoms with van der Waals surface area (Å²) in [5.74, 6) is -0.244. The largest absolute Gasteiger partial charge is 0.396 e. The zero-order valence-electron chi connectivity index (χ0n) is 12.6. The number of benzene rings is 2. The smallest absolute Gasteiger partial charge is 0.179 e. The van der Waals surface area contributed by atoms with E-state index in [9.17, 15) is 12.8 Å². The van der Waals surface area contributed by atoms with Crippen molar-refractivity contribution in [2.45, 2.75) is 11.3 Å². The van der Waals surface area contributed by atoms with Crippen LogP contribution in [-0.4, -0.2) is 19.2 Å². The van der Waals surface area contributed by atoms with Crippen LogP contribution in [0.2, 0.25) is 0 Å². The number of aryl methyl sites for hydroxylation is 1. The van der Waals surface area contributed by atoms with Crippen molar-refractivity contribution in [3.63, 3.8) is 0 Å². The first kappa shape index (κ1) is 14.9. The van der Waals surface area contributed by atoms with Gasteiger partial charge in [-0.05, 0) is 48.4 Å². The van der Waals surface area contributed by atoms with Gasteiger partial charge in [0, 0.05) is 11.1 Å². The summed E-state index contributed by atoms with van der Waals surface area (Å²) in [5, 5.41) is 3.88. The van der Waals surface area contributed by atoms with Crippen LogP contribution in [0.5, 0.6) is 0 Å². The quantitative estimate of drug-likeness (QED) is 0.747. The van der Waals surface area contributed by atoms with Gasteiger partial charge in [0.1, 0.15) is 5.82 Å². The maximum Gasteiger partial charge on any atom is 0.179 e. The van der Waals surface area contributed by atoms with Crippen LogP contribution in [0.25, 0.3) is 10.9 Å². The van der Waals surface area contributed by atoms with Gasteiger partial charge < -0.3 is 11.1 Å². The van der Waals surface area contributed by atoms with E-state index in [4.69, 9.17) is 5.73 Å². The lowest BCUT2D eigenvalue weighted by molar-refractivity contribution is 0.600. The molecule has 7 heteroatoms. The van der Waals surface area contributed by atoms with Crippen LogP contribution in [0.3, 0.4) is 0 Å². The van der Waals surface area contributed by atoms with Crippen LogP contribution in [0.1, 0.15) is 5.56 Å². The molecule has 2 heterocycles. The second-order valence-corrected chi connectivity index (χ2v) is 7.80. The maximum absolute atomic E-state index is 13.1. The van der Waals surface area contributed by atoms with Gasteiger partial charge in [-0.25, -0.2) is 12.8 Å². The van der Waals surface area contributed by atoms with E-state index in [-0.39, 0.29) is 11.6 Å². The van der Waals surface area contributed by atoms with E-state index in [0.717, 1.165) is 5.56 Å². The Morgan fingerprint density at radius 3 is 2.62 bits per heavy atom. The number of sulfone groups is 1. The number of halogens is 1. The Bertz CT molecular complexity index is 1060. The van der Waals surface area contributed by atoms with Gasteiger partial charge in [0.05, 0.1) is 33.7 Å². The zero-order valence-corrected chi connectivity index (χ0v) is 13.4. The van der Waals surface area contributed by atoms with Gasteiger partial charge in [0.25, 0.3) is 0 Å². The van der Waals surface area contributed by atoms with Gasteiger partial charge in [0.15, 0.2) is 9.84 Å². The Labute approximate surface area is 138 Å². The van der Waals surface area contributed by atoms with E-state index in [1.54, 1.807) is 24.3 Å². The maximum atomic E-state index is 13.1. The molecule has 0 fully saturated rings. The first-order valence-electron chi connectivity index (χ1n) is 7.41.